The molecule has 0 aliphatic rings. The Balaban J connectivity index is 1.52. The molecular formula is C23H27ClN4O3S2. The van der Waals surface area contributed by atoms with Crippen molar-refractivity contribution in [3.8, 4) is 0 Å². The molecule has 0 fully saturated rings. The maximum atomic E-state index is 12.7. The average Bonchev–Trinajstić information content (AvgIpc) is 3.22. The van der Waals surface area contributed by atoms with E-state index in [2.05, 4.69) is 14.9 Å². The second kappa shape index (κ2) is 12.3. The van der Waals surface area contributed by atoms with Crippen LogP contribution in [0.25, 0.3) is 0 Å². The number of hydrogen-bond acceptors (Lipinski definition) is 6. The molecule has 3 rings (SSSR count). The lowest BCUT2D eigenvalue weighted by molar-refractivity contribution is 0.148. The van der Waals surface area contributed by atoms with Gasteiger partial charge in [-0.15, -0.1) is 10.2 Å². The SMILES string of the molecule is CCn1c(SC/C=C\COCc2ccccc2)nnc1[C@@H](C)NS(=O)(=O)c1ccc(Cl)cc1. The average molecular weight is 507 g/mol. The third-order valence-corrected chi connectivity index (χ3v) is 7.43. The highest BCUT2D eigenvalue weighted by Crippen LogP contribution is 2.22. The van der Waals surface area contributed by atoms with Crippen molar-refractivity contribution in [2.45, 2.75) is 43.1 Å². The van der Waals surface area contributed by atoms with E-state index < -0.39 is 16.1 Å². The van der Waals surface area contributed by atoms with Crippen LogP contribution < -0.4 is 4.72 Å². The largest absolute Gasteiger partial charge is 0.373 e. The Morgan fingerprint density at radius 1 is 1.12 bits per heavy atom. The maximum absolute atomic E-state index is 12.7. The molecule has 10 heteroatoms. The van der Waals surface area contributed by atoms with E-state index in [4.69, 9.17) is 16.3 Å². The van der Waals surface area contributed by atoms with Crippen LogP contribution >= 0.6 is 23.4 Å². The number of aromatic nitrogens is 3. The molecule has 7 nitrogen and oxygen atoms in total. The third-order valence-electron chi connectivity index (χ3n) is 4.71. The summed E-state index contributed by atoms with van der Waals surface area (Å²) in [5.74, 6) is 1.27. The molecule has 33 heavy (non-hydrogen) atoms. The van der Waals surface area contributed by atoms with Gasteiger partial charge in [0.1, 0.15) is 0 Å². The second-order valence-corrected chi connectivity index (χ2v) is 10.3. The molecule has 1 atom stereocenters. The molecule has 0 aliphatic heterocycles. The highest BCUT2D eigenvalue weighted by Gasteiger charge is 2.23. The van der Waals surface area contributed by atoms with Crippen LogP contribution in [0, 0.1) is 0 Å². The van der Waals surface area contributed by atoms with E-state index in [0.717, 1.165) is 10.7 Å². The number of sulfonamides is 1. The topological polar surface area (TPSA) is 86.1 Å². The van der Waals surface area contributed by atoms with E-state index in [0.29, 0.717) is 36.4 Å². The van der Waals surface area contributed by atoms with Crippen LogP contribution in [0.15, 0.2) is 76.8 Å². The number of thioether (sulfide) groups is 1. The van der Waals surface area contributed by atoms with Gasteiger partial charge in [0, 0.05) is 17.3 Å². The fourth-order valence-electron chi connectivity index (χ4n) is 3.07. The molecule has 0 saturated carbocycles. The molecule has 0 spiro atoms. The molecule has 3 aromatic rings. The Kier molecular flexibility index (Phi) is 9.52. The lowest BCUT2D eigenvalue weighted by atomic mass is 10.2. The summed E-state index contributed by atoms with van der Waals surface area (Å²) in [6.07, 6.45) is 4.00. The van der Waals surface area contributed by atoms with Gasteiger partial charge in [-0.3, -0.25) is 0 Å². The maximum Gasteiger partial charge on any atom is 0.241 e. The summed E-state index contributed by atoms with van der Waals surface area (Å²) in [5, 5.41) is 9.70. The Morgan fingerprint density at radius 2 is 1.85 bits per heavy atom. The number of nitrogens with one attached hydrogen (secondary N) is 1. The van der Waals surface area contributed by atoms with Gasteiger partial charge in [-0.1, -0.05) is 65.8 Å². The molecule has 0 unspecified atom stereocenters. The molecule has 176 valence electrons. The van der Waals surface area contributed by atoms with Gasteiger partial charge in [0.2, 0.25) is 10.0 Å². The van der Waals surface area contributed by atoms with Crippen LogP contribution in [0.2, 0.25) is 5.02 Å². The number of benzene rings is 2. The van der Waals surface area contributed by atoms with Gasteiger partial charge in [0.25, 0.3) is 0 Å². The molecule has 1 aromatic heterocycles. The number of nitrogens with zero attached hydrogens (tertiary/aromatic N) is 3. The first-order chi connectivity index (χ1) is 15.9. The van der Waals surface area contributed by atoms with Crippen molar-refractivity contribution in [1.29, 1.82) is 0 Å². The van der Waals surface area contributed by atoms with Gasteiger partial charge in [-0.25, -0.2) is 13.1 Å². The lowest BCUT2D eigenvalue weighted by Crippen LogP contribution is -2.29. The van der Waals surface area contributed by atoms with Crippen LogP contribution in [-0.4, -0.2) is 35.5 Å². The molecule has 0 saturated heterocycles. The van der Waals surface area contributed by atoms with Crippen LogP contribution in [-0.2, 0) is 27.9 Å². The summed E-state index contributed by atoms with van der Waals surface area (Å²) in [4.78, 5) is 0.149. The molecule has 2 aromatic carbocycles. The summed E-state index contributed by atoms with van der Waals surface area (Å²) in [6.45, 7) is 5.47. The quantitative estimate of drug-likeness (QED) is 0.214. The van der Waals surface area contributed by atoms with Crippen molar-refractivity contribution in [1.82, 2.24) is 19.5 Å². The van der Waals surface area contributed by atoms with Gasteiger partial charge in [0.15, 0.2) is 11.0 Å². The normalized spacial score (nSPS) is 12.9. The van der Waals surface area contributed by atoms with Crippen molar-refractivity contribution in [2.75, 3.05) is 12.4 Å². The van der Waals surface area contributed by atoms with E-state index in [9.17, 15) is 8.42 Å². The molecule has 0 amide bonds. The van der Waals surface area contributed by atoms with Crippen molar-refractivity contribution < 1.29 is 13.2 Å². The first kappa shape index (κ1) is 25.5. The van der Waals surface area contributed by atoms with Crippen molar-refractivity contribution in [2.24, 2.45) is 0 Å². The number of ether oxygens (including phenoxy) is 1. The summed E-state index contributed by atoms with van der Waals surface area (Å²) in [6, 6.07) is 15.5. The smallest absolute Gasteiger partial charge is 0.241 e. The highest BCUT2D eigenvalue weighted by molar-refractivity contribution is 7.99. The number of halogens is 1. The number of hydrogen-bond donors (Lipinski definition) is 1. The molecule has 0 radical (unpaired) electrons. The van der Waals surface area contributed by atoms with Crippen LogP contribution in [0.5, 0.6) is 0 Å². The summed E-state index contributed by atoms with van der Waals surface area (Å²) in [7, 11) is -3.71. The van der Waals surface area contributed by atoms with E-state index in [1.165, 1.54) is 23.9 Å². The van der Waals surface area contributed by atoms with Crippen LogP contribution in [0.4, 0.5) is 0 Å². The predicted octanol–water partition coefficient (Wildman–Crippen LogP) is 4.86. The monoisotopic (exact) mass is 506 g/mol. The molecular weight excluding hydrogens is 480 g/mol. The Bertz CT molecular complexity index is 1150. The summed E-state index contributed by atoms with van der Waals surface area (Å²) >= 11 is 7.39. The van der Waals surface area contributed by atoms with Gasteiger partial charge >= 0.3 is 0 Å². The van der Waals surface area contributed by atoms with Crippen LogP contribution in [0.3, 0.4) is 0 Å². The van der Waals surface area contributed by atoms with E-state index in [-0.39, 0.29) is 4.90 Å². The first-order valence-electron chi connectivity index (χ1n) is 10.5. The fraction of sp³-hybridized carbons (Fsp3) is 0.304. The Hall–Kier alpha value is -2.17. The van der Waals surface area contributed by atoms with Crippen LogP contribution in [0.1, 0.15) is 31.3 Å². The Labute approximate surface area is 204 Å². The second-order valence-electron chi connectivity index (χ2n) is 7.17. The zero-order valence-electron chi connectivity index (χ0n) is 18.5. The predicted molar refractivity (Wildman–Crippen MR) is 132 cm³/mol. The summed E-state index contributed by atoms with van der Waals surface area (Å²) < 4.78 is 35.6. The highest BCUT2D eigenvalue weighted by atomic mass is 35.5. The van der Waals surface area contributed by atoms with E-state index in [1.54, 1.807) is 19.1 Å². The van der Waals surface area contributed by atoms with Crippen molar-refractivity contribution in [3.05, 3.63) is 83.2 Å². The minimum atomic E-state index is -3.71. The van der Waals surface area contributed by atoms with Gasteiger partial charge in [0.05, 0.1) is 24.2 Å². The third kappa shape index (κ3) is 7.41. The summed E-state index contributed by atoms with van der Waals surface area (Å²) in [5.41, 5.74) is 1.14. The van der Waals surface area contributed by atoms with Crippen molar-refractivity contribution in [3.63, 3.8) is 0 Å². The van der Waals surface area contributed by atoms with E-state index >= 15 is 0 Å². The minimum Gasteiger partial charge on any atom is -0.373 e. The lowest BCUT2D eigenvalue weighted by Gasteiger charge is -2.15. The zero-order chi connectivity index (χ0) is 23.7. The molecule has 1 heterocycles. The first-order valence-corrected chi connectivity index (χ1v) is 13.4. The molecule has 1 N–H and O–H groups in total. The standard InChI is InChI=1S/C23H27ClN4O3S2/c1-3-28-22(18(2)27-33(29,30)21-13-11-20(24)12-14-21)25-26-23(28)32-16-8-7-15-31-17-19-9-5-4-6-10-19/h4-14,18,27H,3,15-17H2,1-2H3/b8-7-/t18-/m1/s1. The zero-order valence-corrected chi connectivity index (χ0v) is 20.9. The minimum absolute atomic E-state index is 0.149. The fourth-order valence-corrected chi connectivity index (χ4v) is 5.26. The van der Waals surface area contributed by atoms with Gasteiger partial charge in [-0.2, -0.15) is 0 Å². The molecule has 0 aliphatic carbocycles. The van der Waals surface area contributed by atoms with E-state index in [1.807, 2.05) is 54.0 Å². The van der Waals surface area contributed by atoms with Gasteiger partial charge < -0.3 is 9.30 Å². The Morgan fingerprint density at radius 3 is 2.55 bits per heavy atom. The number of rotatable bonds is 12. The van der Waals surface area contributed by atoms with Gasteiger partial charge in [-0.05, 0) is 43.7 Å². The van der Waals surface area contributed by atoms with Crippen molar-refractivity contribution >= 4 is 33.4 Å². The molecule has 0 bridgehead atoms.